The van der Waals surface area contributed by atoms with E-state index in [-0.39, 0.29) is 11.8 Å². The van der Waals surface area contributed by atoms with Crippen LogP contribution >= 0.6 is 0 Å². The average molecular weight is 340 g/mol. The van der Waals surface area contributed by atoms with E-state index in [1.165, 1.54) is 0 Å². The largest absolute Gasteiger partial charge is 0.378 e. The van der Waals surface area contributed by atoms with Crippen molar-refractivity contribution in [3.05, 3.63) is 18.0 Å². The van der Waals surface area contributed by atoms with Gasteiger partial charge in [0.05, 0.1) is 24.7 Å². The summed E-state index contributed by atoms with van der Waals surface area (Å²) in [5, 5.41) is 0. The first-order valence-electron chi connectivity index (χ1n) is 8.15. The molecule has 23 heavy (non-hydrogen) atoms. The summed E-state index contributed by atoms with van der Waals surface area (Å²) in [7, 11) is -2.86. The molecule has 0 saturated carbocycles. The number of anilines is 1. The van der Waals surface area contributed by atoms with Crippen LogP contribution in [0.3, 0.4) is 0 Å². The molecule has 128 valence electrons. The number of rotatable bonds is 5. The van der Waals surface area contributed by atoms with E-state index in [1.807, 2.05) is 12.4 Å². The molecule has 0 aliphatic carbocycles. The number of nitrogens with zero attached hydrogens (tertiary/aromatic N) is 4. The first-order chi connectivity index (χ1) is 11.1. The summed E-state index contributed by atoms with van der Waals surface area (Å²) < 4.78 is 28.7. The van der Waals surface area contributed by atoms with Crippen molar-refractivity contribution >= 4 is 15.8 Å². The monoisotopic (exact) mass is 340 g/mol. The molecular formula is C15H24N4O3S. The highest BCUT2D eigenvalue weighted by atomic mass is 32.2. The first kappa shape index (κ1) is 16.6. The predicted molar refractivity (Wildman–Crippen MR) is 88.2 cm³/mol. The number of hydrogen-bond acceptors (Lipinski definition) is 7. The molecule has 1 aromatic rings. The quantitative estimate of drug-likeness (QED) is 0.764. The summed E-state index contributed by atoms with van der Waals surface area (Å²) >= 11 is 0. The topological polar surface area (TPSA) is 75.6 Å². The molecule has 2 aliphatic heterocycles. The molecule has 0 bridgehead atoms. The molecule has 2 saturated heterocycles. The van der Waals surface area contributed by atoms with Gasteiger partial charge in [0.15, 0.2) is 9.84 Å². The maximum absolute atomic E-state index is 11.7. The Morgan fingerprint density at radius 1 is 1.30 bits per heavy atom. The lowest BCUT2D eigenvalue weighted by molar-refractivity contribution is 0.122. The second-order valence-corrected chi connectivity index (χ2v) is 8.34. The third-order valence-corrected chi connectivity index (χ3v) is 6.25. The minimum absolute atomic E-state index is 0.115. The van der Waals surface area contributed by atoms with Gasteiger partial charge in [0.2, 0.25) is 5.95 Å². The van der Waals surface area contributed by atoms with E-state index < -0.39 is 9.84 Å². The molecule has 3 rings (SSSR count). The Labute approximate surface area is 137 Å². The summed E-state index contributed by atoms with van der Waals surface area (Å²) in [6, 6.07) is 0.115. The molecule has 3 heterocycles. The number of hydrogen-bond donors (Lipinski definition) is 0. The van der Waals surface area contributed by atoms with E-state index in [9.17, 15) is 8.42 Å². The zero-order chi connectivity index (χ0) is 16.3. The van der Waals surface area contributed by atoms with E-state index in [0.717, 1.165) is 37.6 Å². The zero-order valence-electron chi connectivity index (χ0n) is 13.5. The van der Waals surface area contributed by atoms with Gasteiger partial charge in [-0.3, -0.25) is 4.90 Å². The van der Waals surface area contributed by atoms with Crippen molar-refractivity contribution < 1.29 is 13.2 Å². The standard InChI is InChI=1S/C15H24N4O3S/c1-2-18(14-3-8-23(20,21)12-14)11-13-9-16-15(17-10-13)19-4-6-22-7-5-19/h9-10,14H,2-8,11-12H2,1H3. The maximum atomic E-state index is 11.7. The van der Waals surface area contributed by atoms with E-state index in [2.05, 4.69) is 26.7 Å². The summed E-state index contributed by atoms with van der Waals surface area (Å²) in [6.45, 7) is 6.65. The molecule has 1 atom stereocenters. The Balaban J connectivity index is 1.62. The van der Waals surface area contributed by atoms with Crippen LogP contribution in [-0.4, -0.2) is 73.7 Å². The van der Waals surface area contributed by atoms with Gasteiger partial charge in [0, 0.05) is 43.6 Å². The van der Waals surface area contributed by atoms with Crippen molar-refractivity contribution in [2.45, 2.75) is 25.9 Å². The number of sulfone groups is 1. The van der Waals surface area contributed by atoms with Gasteiger partial charge in [-0.25, -0.2) is 18.4 Å². The fourth-order valence-corrected chi connectivity index (χ4v) is 4.91. The Morgan fingerprint density at radius 2 is 2.00 bits per heavy atom. The van der Waals surface area contributed by atoms with Gasteiger partial charge in [-0.15, -0.1) is 0 Å². The fraction of sp³-hybridized carbons (Fsp3) is 0.733. The summed E-state index contributed by atoms with van der Waals surface area (Å²) in [5.74, 6) is 1.32. The number of aromatic nitrogens is 2. The van der Waals surface area contributed by atoms with Crippen LogP contribution in [0.15, 0.2) is 12.4 Å². The lowest BCUT2D eigenvalue weighted by Crippen LogP contribution is -2.37. The Morgan fingerprint density at radius 3 is 2.57 bits per heavy atom. The summed E-state index contributed by atoms with van der Waals surface area (Å²) in [5.41, 5.74) is 1.02. The lowest BCUT2D eigenvalue weighted by Gasteiger charge is -2.28. The van der Waals surface area contributed by atoms with E-state index in [1.54, 1.807) is 0 Å². The molecule has 0 amide bonds. The highest BCUT2D eigenvalue weighted by molar-refractivity contribution is 7.91. The van der Waals surface area contributed by atoms with Crippen molar-refractivity contribution in [3.63, 3.8) is 0 Å². The average Bonchev–Trinajstić information content (AvgIpc) is 2.94. The van der Waals surface area contributed by atoms with Gasteiger partial charge in [0.25, 0.3) is 0 Å². The summed E-state index contributed by atoms with van der Waals surface area (Å²) in [4.78, 5) is 13.2. The van der Waals surface area contributed by atoms with Crippen molar-refractivity contribution in [1.29, 1.82) is 0 Å². The molecule has 2 aliphatic rings. The molecule has 7 nitrogen and oxygen atoms in total. The second kappa shape index (κ2) is 7.11. The van der Waals surface area contributed by atoms with Gasteiger partial charge in [0.1, 0.15) is 0 Å². The van der Waals surface area contributed by atoms with Crippen molar-refractivity contribution in [2.24, 2.45) is 0 Å². The molecule has 0 radical (unpaired) electrons. The highest BCUT2D eigenvalue weighted by Crippen LogP contribution is 2.20. The second-order valence-electron chi connectivity index (χ2n) is 6.11. The van der Waals surface area contributed by atoms with Crippen molar-refractivity contribution in [3.8, 4) is 0 Å². The van der Waals surface area contributed by atoms with Gasteiger partial charge >= 0.3 is 0 Å². The predicted octanol–water partition coefficient (Wildman–Crippen LogP) is 0.322. The minimum Gasteiger partial charge on any atom is -0.378 e. The zero-order valence-corrected chi connectivity index (χ0v) is 14.3. The third kappa shape index (κ3) is 4.19. The van der Waals surface area contributed by atoms with Crippen molar-refractivity contribution in [1.82, 2.24) is 14.9 Å². The maximum Gasteiger partial charge on any atom is 0.225 e. The molecule has 1 unspecified atom stereocenters. The van der Waals surface area contributed by atoms with Gasteiger partial charge < -0.3 is 9.64 Å². The SMILES string of the molecule is CCN(Cc1cnc(N2CCOCC2)nc1)C1CCS(=O)(=O)C1. The Hall–Kier alpha value is -1.25. The van der Waals surface area contributed by atoms with Crippen LogP contribution in [0.1, 0.15) is 18.9 Å². The molecule has 0 aromatic carbocycles. The highest BCUT2D eigenvalue weighted by Gasteiger charge is 2.31. The van der Waals surface area contributed by atoms with Crippen LogP contribution in [0.5, 0.6) is 0 Å². The van der Waals surface area contributed by atoms with Crippen LogP contribution in [0.2, 0.25) is 0 Å². The third-order valence-electron chi connectivity index (χ3n) is 4.50. The molecule has 0 spiro atoms. The fourth-order valence-electron chi connectivity index (χ4n) is 3.15. The van der Waals surface area contributed by atoms with Crippen LogP contribution in [0.4, 0.5) is 5.95 Å². The van der Waals surface area contributed by atoms with Gasteiger partial charge in [-0.05, 0) is 13.0 Å². The minimum atomic E-state index is -2.86. The van der Waals surface area contributed by atoms with Crippen LogP contribution in [-0.2, 0) is 21.1 Å². The van der Waals surface area contributed by atoms with Crippen LogP contribution in [0.25, 0.3) is 0 Å². The van der Waals surface area contributed by atoms with Crippen molar-refractivity contribution in [2.75, 3.05) is 49.3 Å². The summed E-state index contributed by atoms with van der Waals surface area (Å²) in [6.07, 6.45) is 4.43. The number of morpholine rings is 1. The Bertz CT molecular complexity index is 614. The molecule has 1 aromatic heterocycles. The molecular weight excluding hydrogens is 316 g/mol. The van der Waals surface area contributed by atoms with E-state index >= 15 is 0 Å². The van der Waals surface area contributed by atoms with Crippen LogP contribution in [0, 0.1) is 0 Å². The molecule has 0 N–H and O–H groups in total. The van der Waals surface area contributed by atoms with E-state index in [4.69, 9.17) is 4.74 Å². The van der Waals surface area contributed by atoms with Crippen LogP contribution < -0.4 is 4.90 Å². The number of ether oxygens (including phenoxy) is 1. The normalized spacial score (nSPS) is 24.3. The molecule has 2 fully saturated rings. The Kier molecular flexibility index (Phi) is 5.13. The smallest absolute Gasteiger partial charge is 0.225 e. The first-order valence-corrected chi connectivity index (χ1v) is 9.97. The molecule has 8 heteroatoms. The van der Waals surface area contributed by atoms with E-state index in [0.29, 0.717) is 25.5 Å². The van der Waals surface area contributed by atoms with Gasteiger partial charge in [-0.2, -0.15) is 0 Å². The lowest BCUT2D eigenvalue weighted by atomic mass is 10.2. The van der Waals surface area contributed by atoms with Gasteiger partial charge in [-0.1, -0.05) is 6.92 Å².